The molecule has 1 amide bonds. The number of nitrogens with one attached hydrogen (secondary N) is 2. The van der Waals surface area contributed by atoms with Gasteiger partial charge in [0.05, 0.1) is 7.05 Å². The lowest BCUT2D eigenvalue weighted by atomic mass is 10.0. The van der Waals surface area contributed by atoms with E-state index in [1.807, 2.05) is 40.0 Å². The van der Waals surface area contributed by atoms with Crippen molar-refractivity contribution in [3.63, 3.8) is 0 Å². The van der Waals surface area contributed by atoms with Crippen LogP contribution in [0.3, 0.4) is 0 Å². The maximum absolute atomic E-state index is 12.6. The number of aryl methyl sites for hydroxylation is 4. The zero-order valence-corrected chi connectivity index (χ0v) is 17.5. The summed E-state index contributed by atoms with van der Waals surface area (Å²) in [5.74, 6) is 0.000339. The van der Waals surface area contributed by atoms with E-state index in [0.29, 0.717) is 17.7 Å². The summed E-state index contributed by atoms with van der Waals surface area (Å²) in [5.41, 5.74) is 5.32. The van der Waals surface area contributed by atoms with Crippen LogP contribution in [0.1, 0.15) is 27.8 Å². The Balaban J connectivity index is 1.78. The predicted molar refractivity (Wildman–Crippen MR) is 114 cm³/mol. The fraction of sp³-hybridized carbons (Fsp3) is 0.304. The number of amides is 1. The molecule has 0 spiro atoms. The van der Waals surface area contributed by atoms with Gasteiger partial charge in [0.2, 0.25) is 0 Å². The first-order chi connectivity index (χ1) is 13.7. The average molecular weight is 395 g/mol. The highest BCUT2D eigenvalue weighted by molar-refractivity contribution is 5.93. The first kappa shape index (κ1) is 20.6. The molecule has 0 saturated heterocycles. The van der Waals surface area contributed by atoms with Gasteiger partial charge >= 0.3 is 5.63 Å². The number of hydrogen-bond donors (Lipinski definition) is 3. The monoisotopic (exact) mass is 395 g/mol. The molecular weight excluding hydrogens is 368 g/mol. The Morgan fingerprint density at radius 2 is 1.76 bits per heavy atom. The van der Waals surface area contributed by atoms with Crippen molar-refractivity contribution < 1.29 is 19.2 Å². The molecule has 1 unspecified atom stereocenters. The van der Waals surface area contributed by atoms with E-state index in [9.17, 15) is 14.7 Å². The number of rotatable bonds is 5. The van der Waals surface area contributed by atoms with Crippen LogP contribution in [0.4, 0.5) is 5.69 Å². The number of hydrogen-bond acceptors (Lipinski definition) is 4. The minimum atomic E-state index is -0.468. The molecule has 6 nitrogen and oxygen atoms in total. The average Bonchev–Trinajstić information content (AvgIpc) is 2.61. The molecule has 3 N–H and O–H groups in total. The number of likely N-dealkylation sites (N-methyl/N-ethyl adjacent to an activating group) is 1. The highest BCUT2D eigenvalue weighted by Crippen LogP contribution is 2.27. The highest BCUT2D eigenvalue weighted by atomic mass is 16.4. The van der Waals surface area contributed by atoms with Gasteiger partial charge in [-0.1, -0.05) is 17.7 Å². The zero-order valence-electron chi connectivity index (χ0n) is 17.5. The molecule has 152 valence electrons. The third-order valence-corrected chi connectivity index (χ3v) is 5.11. The summed E-state index contributed by atoms with van der Waals surface area (Å²) in [6, 6.07) is 8.88. The van der Waals surface area contributed by atoms with Crippen molar-refractivity contribution in [3.05, 3.63) is 68.6 Å². The number of phenols is 1. The number of carbonyl (C=O) groups is 1. The molecule has 6 heteroatoms. The number of anilines is 1. The summed E-state index contributed by atoms with van der Waals surface area (Å²) >= 11 is 0. The first-order valence-corrected chi connectivity index (χ1v) is 9.60. The van der Waals surface area contributed by atoms with Crippen LogP contribution < -0.4 is 15.8 Å². The van der Waals surface area contributed by atoms with Crippen molar-refractivity contribution in [2.45, 2.75) is 34.2 Å². The SMILES string of the molecule is Cc1cc(C)c(NC(=O)C[NH+](C)Cc2cc(=O)oc3c(C)c(O)ccc23)c(C)c1. The highest BCUT2D eigenvalue weighted by Gasteiger charge is 2.17. The molecule has 2 aromatic carbocycles. The Labute approximate surface area is 169 Å². The van der Waals surface area contributed by atoms with Crippen LogP contribution >= 0.6 is 0 Å². The van der Waals surface area contributed by atoms with Crippen LogP contribution in [-0.2, 0) is 11.3 Å². The maximum Gasteiger partial charge on any atom is 0.336 e. The van der Waals surface area contributed by atoms with Gasteiger partial charge in [0, 0.05) is 28.3 Å². The molecule has 1 aromatic heterocycles. The number of carbonyl (C=O) groups excluding carboxylic acids is 1. The number of benzene rings is 2. The summed E-state index contributed by atoms with van der Waals surface area (Å²) in [5, 5.41) is 13.7. The van der Waals surface area contributed by atoms with Crippen molar-refractivity contribution in [2.24, 2.45) is 0 Å². The molecule has 0 radical (unpaired) electrons. The van der Waals surface area contributed by atoms with Gasteiger partial charge in [-0.25, -0.2) is 4.79 Å². The Hall–Kier alpha value is -3.12. The molecule has 1 atom stereocenters. The van der Waals surface area contributed by atoms with E-state index in [2.05, 4.69) is 5.32 Å². The normalized spacial score (nSPS) is 12.2. The van der Waals surface area contributed by atoms with E-state index in [1.165, 1.54) is 6.07 Å². The molecule has 0 bridgehead atoms. The summed E-state index contributed by atoms with van der Waals surface area (Å²) in [6.45, 7) is 8.45. The second-order valence-corrected chi connectivity index (χ2v) is 7.81. The van der Waals surface area contributed by atoms with Crippen molar-refractivity contribution in [1.29, 1.82) is 0 Å². The van der Waals surface area contributed by atoms with Crippen LogP contribution in [0.15, 0.2) is 39.5 Å². The smallest absolute Gasteiger partial charge is 0.336 e. The number of phenolic OH excluding ortho intramolecular Hbond substituents is 1. The molecular formula is C23H27N2O4+. The number of aromatic hydroxyl groups is 1. The maximum atomic E-state index is 12.6. The van der Waals surface area contributed by atoms with Crippen LogP contribution in [0.2, 0.25) is 0 Å². The Kier molecular flexibility index (Phi) is 5.75. The molecule has 1 heterocycles. The van der Waals surface area contributed by atoms with Crippen LogP contribution in [0.5, 0.6) is 5.75 Å². The molecule has 0 aliphatic carbocycles. The van der Waals surface area contributed by atoms with E-state index in [4.69, 9.17) is 4.42 Å². The van der Waals surface area contributed by atoms with Gasteiger partial charge in [-0.3, -0.25) is 4.79 Å². The van der Waals surface area contributed by atoms with Gasteiger partial charge < -0.3 is 19.7 Å². The van der Waals surface area contributed by atoms with Crippen LogP contribution in [0, 0.1) is 27.7 Å². The molecule has 0 fully saturated rings. The predicted octanol–water partition coefficient (Wildman–Crippen LogP) is 2.39. The van der Waals surface area contributed by atoms with Gasteiger partial charge in [0.25, 0.3) is 5.91 Å². The third kappa shape index (κ3) is 4.49. The molecule has 0 aliphatic rings. The van der Waals surface area contributed by atoms with E-state index in [-0.39, 0.29) is 18.2 Å². The molecule has 3 aromatic rings. The van der Waals surface area contributed by atoms with Gasteiger partial charge in [-0.05, 0) is 51.0 Å². The molecule has 3 rings (SSSR count). The second-order valence-electron chi connectivity index (χ2n) is 7.81. The quantitative estimate of drug-likeness (QED) is 0.579. The lowest BCUT2D eigenvalue weighted by Crippen LogP contribution is -3.08. The lowest BCUT2D eigenvalue weighted by molar-refractivity contribution is -0.885. The van der Waals surface area contributed by atoms with E-state index in [1.54, 1.807) is 19.1 Å². The minimum absolute atomic E-state index is 0.0846. The lowest BCUT2D eigenvalue weighted by Gasteiger charge is -2.17. The largest absolute Gasteiger partial charge is 0.508 e. The van der Waals surface area contributed by atoms with Gasteiger partial charge in [-0.15, -0.1) is 0 Å². The second kappa shape index (κ2) is 8.09. The fourth-order valence-electron chi connectivity index (χ4n) is 3.78. The summed E-state index contributed by atoms with van der Waals surface area (Å²) in [4.78, 5) is 25.5. The van der Waals surface area contributed by atoms with Crippen molar-refractivity contribution >= 4 is 22.6 Å². The first-order valence-electron chi connectivity index (χ1n) is 9.60. The molecule has 0 aliphatic heterocycles. The fourth-order valence-corrected chi connectivity index (χ4v) is 3.78. The minimum Gasteiger partial charge on any atom is -0.508 e. The Morgan fingerprint density at radius 1 is 1.10 bits per heavy atom. The summed E-state index contributed by atoms with van der Waals surface area (Å²) in [6.07, 6.45) is 0. The van der Waals surface area contributed by atoms with E-state index in [0.717, 1.165) is 38.2 Å². The molecule has 29 heavy (non-hydrogen) atoms. The van der Waals surface area contributed by atoms with Crippen molar-refractivity contribution in [1.82, 2.24) is 0 Å². The van der Waals surface area contributed by atoms with Crippen LogP contribution in [0.25, 0.3) is 11.0 Å². The summed E-state index contributed by atoms with van der Waals surface area (Å²) < 4.78 is 5.29. The zero-order chi connectivity index (χ0) is 21.3. The van der Waals surface area contributed by atoms with E-state index < -0.39 is 5.63 Å². The van der Waals surface area contributed by atoms with Crippen molar-refractivity contribution in [3.8, 4) is 5.75 Å². The van der Waals surface area contributed by atoms with Gasteiger partial charge in [0.1, 0.15) is 17.9 Å². The van der Waals surface area contributed by atoms with Crippen LogP contribution in [-0.4, -0.2) is 24.6 Å². The number of fused-ring (bicyclic) bond motifs is 1. The standard InChI is InChI=1S/C23H26N2O4/c1-13-8-14(2)22(15(3)9-13)24-20(27)12-25(5)11-17-10-21(28)29-23-16(4)19(26)7-6-18(17)23/h6-10,26H,11-12H2,1-5H3,(H,24,27)/p+1. The summed E-state index contributed by atoms with van der Waals surface area (Å²) in [7, 11) is 1.90. The van der Waals surface area contributed by atoms with Gasteiger partial charge in [0.15, 0.2) is 6.54 Å². The van der Waals surface area contributed by atoms with E-state index >= 15 is 0 Å². The Morgan fingerprint density at radius 3 is 2.41 bits per heavy atom. The third-order valence-electron chi connectivity index (χ3n) is 5.11. The number of quaternary nitrogens is 1. The topological polar surface area (TPSA) is 84.0 Å². The Bertz CT molecular complexity index is 1120. The van der Waals surface area contributed by atoms with Gasteiger partial charge in [-0.2, -0.15) is 0 Å². The van der Waals surface area contributed by atoms with Crippen molar-refractivity contribution in [2.75, 3.05) is 18.9 Å². The molecule has 0 saturated carbocycles.